The Kier molecular flexibility index (Phi) is 8.02. The first kappa shape index (κ1) is 26.0. The Balaban J connectivity index is 3.50. The Bertz CT molecular complexity index is 593. The third-order valence-electron chi connectivity index (χ3n) is 6.31. The predicted molar refractivity (Wildman–Crippen MR) is 118 cm³/mol. The standard InChI is InChI=1S/C22H43NO5Si/c1-11-15(17(24)26-12-2)13-22(28-29)21(9,10)16(19(3,4)5)14-23(22)18(25)27-20(6,7)8/h15-16H,11-14H2,1-10,29H3/t15?,16-,22-/m1/s1. The van der Waals surface area contributed by atoms with Gasteiger partial charge in [-0.25, -0.2) is 4.79 Å². The molecule has 1 aliphatic rings. The van der Waals surface area contributed by atoms with Gasteiger partial charge in [-0.15, -0.1) is 0 Å². The fourth-order valence-electron chi connectivity index (χ4n) is 4.89. The van der Waals surface area contributed by atoms with Gasteiger partial charge in [0, 0.05) is 18.4 Å². The van der Waals surface area contributed by atoms with Crippen molar-refractivity contribution in [2.75, 3.05) is 13.2 Å². The van der Waals surface area contributed by atoms with Crippen molar-refractivity contribution in [1.29, 1.82) is 0 Å². The second-order valence-electron chi connectivity index (χ2n) is 10.8. The zero-order valence-electron chi connectivity index (χ0n) is 20.5. The van der Waals surface area contributed by atoms with E-state index in [9.17, 15) is 9.59 Å². The maximum absolute atomic E-state index is 13.3. The van der Waals surface area contributed by atoms with Crippen molar-refractivity contribution < 1.29 is 23.5 Å². The van der Waals surface area contributed by atoms with E-state index in [-0.39, 0.29) is 34.7 Å². The topological polar surface area (TPSA) is 65.1 Å². The molecular weight excluding hydrogens is 386 g/mol. The molecule has 29 heavy (non-hydrogen) atoms. The molecule has 170 valence electrons. The predicted octanol–water partition coefficient (Wildman–Crippen LogP) is 3.90. The van der Waals surface area contributed by atoms with Crippen LogP contribution in [0.4, 0.5) is 4.79 Å². The minimum absolute atomic E-state index is 0.0444. The molecule has 6 nitrogen and oxygen atoms in total. The summed E-state index contributed by atoms with van der Waals surface area (Å²) in [5, 5.41) is 0. The van der Waals surface area contributed by atoms with Crippen LogP contribution in [0.25, 0.3) is 0 Å². The number of hydrogen-bond donors (Lipinski definition) is 0. The van der Waals surface area contributed by atoms with Gasteiger partial charge in [-0.2, -0.15) is 0 Å². The van der Waals surface area contributed by atoms with Crippen molar-refractivity contribution in [2.45, 2.75) is 93.4 Å². The maximum Gasteiger partial charge on any atom is 0.412 e. The van der Waals surface area contributed by atoms with E-state index in [4.69, 9.17) is 13.9 Å². The number of likely N-dealkylation sites (tertiary alicyclic amines) is 1. The summed E-state index contributed by atoms with van der Waals surface area (Å²) in [6, 6.07) is 0. The second kappa shape index (κ2) is 8.96. The SMILES string of the molecule is CCOC(=O)C(CC)C[C@]1(O[SiH3])N(C(=O)OC(C)(C)C)C[C@H](C(C)(C)C)C1(C)C. The van der Waals surface area contributed by atoms with Gasteiger partial charge in [0.05, 0.1) is 12.5 Å². The number of carbonyl (C=O) groups excluding carboxylic acids is 2. The van der Waals surface area contributed by atoms with Crippen molar-refractivity contribution in [3.05, 3.63) is 0 Å². The van der Waals surface area contributed by atoms with Crippen molar-refractivity contribution in [3.63, 3.8) is 0 Å². The van der Waals surface area contributed by atoms with Crippen LogP contribution in [0.1, 0.15) is 82.1 Å². The Morgan fingerprint density at radius 1 is 1.14 bits per heavy atom. The Morgan fingerprint density at radius 3 is 2.07 bits per heavy atom. The van der Waals surface area contributed by atoms with Crippen LogP contribution in [0.5, 0.6) is 0 Å². The number of carbonyl (C=O) groups is 2. The minimum atomic E-state index is -0.910. The summed E-state index contributed by atoms with van der Waals surface area (Å²) in [5.74, 6) is -0.393. The van der Waals surface area contributed by atoms with Gasteiger partial charge in [-0.05, 0) is 45.4 Å². The highest BCUT2D eigenvalue weighted by molar-refractivity contribution is 5.98. The van der Waals surface area contributed by atoms with E-state index in [0.29, 0.717) is 36.5 Å². The van der Waals surface area contributed by atoms with Gasteiger partial charge in [0.25, 0.3) is 0 Å². The maximum atomic E-state index is 13.3. The zero-order valence-corrected chi connectivity index (χ0v) is 22.5. The monoisotopic (exact) mass is 429 g/mol. The van der Waals surface area contributed by atoms with Gasteiger partial charge in [0.1, 0.15) is 21.8 Å². The highest BCUT2D eigenvalue weighted by Gasteiger charge is 2.64. The molecule has 1 amide bonds. The zero-order chi connectivity index (χ0) is 22.8. The van der Waals surface area contributed by atoms with Crippen LogP contribution in [0.3, 0.4) is 0 Å². The van der Waals surface area contributed by atoms with Crippen LogP contribution in [0.2, 0.25) is 0 Å². The van der Waals surface area contributed by atoms with E-state index in [1.807, 2.05) is 34.6 Å². The molecule has 0 aromatic rings. The van der Waals surface area contributed by atoms with Gasteiger partial charge in [-0.1, -0.05) is 41.5 Å². The molecular formula is C22H43NO5Si. The lowest BCUT2D eigenvalue weighted by molar-refractivity contribution is -0.162. The molecule has 1 saturated heterocycles. The molecule has 7 heteroatoms. The van der Waals surface area contributed by atoms with Crippen LogP contribution in [-0.4, -0.2) is 51.9 Å². The number of rotatable bonds is 6. The smallest absolute Gasteiger partial charge is 0.412 e. The molecule has 1 aliphatic heterocycles. The molecule has 0 saturated carbocycles. The van der Waals surface area contributed by atoms with Gasteiger partial charge in [0.15, 0.2) is 0 Å². The van der Waals surface area contributed by atoms with Crippen LogP contribution < -0.4 is 0 Å². The average Bonchev–Trinajstić information content (AvgIpc) is 2.78. The first-order valence-electron chi connectivity index (χ1n) is 10.8. The van der Waals surface area contributed by atoms with Crippen LogP contribution >= 0.6 is 0 Å². The fraction of sp³-hybridized carbons (Fsp3) is 0.909. The molecule has 0 bridgehead atoms. The van der Waals surface area contributed by atoms with Crippen molar-refractivity contribution >= 4 is 22.5 Å². The molecule has 0 N–H and O–H groups in total. The highest BCUT2D eigenvalue weighted by Crippen LogP contribution is 2.57. The molecule has 3 atom stereocenters. The molecule has 1 heterocycles. The largest absolute Gasteiger partial charge is 0.466 e. The fourth-order valence-corrected chi connectivity index (χ4v) is 5.81. The van der Waals surface area contributed by atoms with Crippen LogP contribution in [0.15, 0.2) is 0 Å². The molecule has 1 unspecified atom stereocenters. The first-order chi connectivity index (χ1) is 13.1. The van der Waals surface area contributed by atoms with Crippen LogP contribution in [-0.2, 0) is 18.7 Å². The Morgan fingerprint density at radius 2 is 1.69 bits per heavy atom. The number of amides is 1. The summed E-state index contributed by atoms with van der Waals surface area (Å²) < 4.78 is 17.4. The Labute approximate surface area is 180 Å². The number of ether oxygens (including phenoxy) is 2. The lowest BCUT2D eigenvalue weighted by atomic mass is 9.62. The first-order valence-corrected chi connectivity index (χ1v) is 11.6. The Hall–Kier alpha value is -1.08. The molecule has 0 aliphatic carbocycles. The van der Waals surface area contributed by atoms with Crippen molar-refractivity contribution in [1.82, 2.24) is 4.90 Å². The van der Waals surface area contributed by atoms with E-state index >= 15 is 0 Å². The minimum Gasteiger partial charge on any atom is -0.466 e. The molecule has 1 fully saturated rings. The van der Waals surface area contributed by atoms with Crippen LogP contribution in [0, 0.1) is 22.7 Å². The lowest BCUT2D eigenvalue weighted by Gasteiger charge is -2.49. The van der Waals surface area contributed by atoms with Gasteiger partial charge in [-0.3, -0.25) is 9.69 Å². The number of nitrogens with zero attached hydrogens (tertiary/aromatic N) is 1. The summed E-state index contributed by atoms with van der Waals surface area (Å²) in [7, 11) is 0.435. The third-order valence-corrected chi connectivity index (χ3v) is 6.99. The molecule has 0 radical (unpaired) electrons. The highest BCUT2D eigenvalue weighted by atomic mass is 28.2. The normalized spacial score (nSPS) is 25.7. The second-order valence-corrected chi connectivity index (χ2v) is 11.2. The van der Waals surface area contributed by atoms with E-state index in [1.165, 1.54) is 0 Å². The molecule has 1 rings (SSSR count). The van der Waals surface area contributed by atoms with E-state index in [2.05, 4.69) is 34.6 Å². The van der Waals surface area contributed by atoms with E-state index in [0.717, 1.165) is 0 Å². The van der Waals surface area contributed by atoms with Crippen molar-refractivity contribution in [2.24, 2.45) is 22.7 Å². The van der Waals surface area contributed by atoms with Gasteiger partial charge in [0.2, 0.25) is 0 Å². The average molecular weight is 430 g/mol. The summed E-state index contributed by atoms with van der Waals surface area (Å²) in [5.41, 5.74) is -1.93. The molecule has 0 spiro atoms. The molecule has 0 aromatic heterocycles. The number of esters is 1. The lowest BCUT2D eigenvalue weighted by Crippen LogP contribution is -2.58. The van der Waals surface area contributed by atoms with E-state index < -0.39 is 11.3 Å². The summed E-state index contributed by atoms with van der Waals surface area (Å²) in [6.45, 7) is 21.1. The summed E-state index contributed by atoms with van der Waals surface area (Å²) in [6.07, 6.45) is 0.654. The summed E-state index contributed by atoms with van der Waals surface area (Å²) in [4.78, 5) is 27.7. The van der Waals surface area contributed by atoms with Gasteiger partial charge < -0.3 is 13.9 Å². The quantitative estimate of drug-likeness (QED) is 0.473. The number of hydrogen-bond acceptors (Lipinski definition) is 5. The third kappa shape index (κ3) is 5.34. The molecule has 0 aromatic carbocycles. The van der Waals surface area contributed by atoms with E-state index in [1.54, 1.807) is 4.90 Å². The van der Waals surface area contributed by atoms with Gasteiger partial charge >= 0.3 is 12.1 Å². The van der Waals surface area contributed by atoms with Crippen molar-refractivity contribution in [3.8, 4) is 0 Å². The summed E-state index contributed by atoms with van der Waals surface area (Å²) >= 11 is 0.